The van der Waals surface area contributed by atoms with E-state index < -0.39 is 29.6 Å². The molecule has 0 saturated carbocycles. The van der Waals surface area contributed by atoms with Gasteiger partial charge in [0.1, 0.15) is 12.6 Å². The number of carbonyl (C=O) groups is 4. The van der Waals surface area contributed by atoms with Crippen molar-refractivity contribution in [2.24, 2.45) is 11.7 Å². The molecule has 0 aliphatic heterocycles. The Bertz CT molecular complexity index is 894. The zero-order valence-corrected chi connectivity index (χ0v) is 24.0. The van der Waals surface area contributed by atoms with Crippen LogP contribution in [0.5, 0.6) is 0 Å². The van der Waals surface area contributed by atoms with Crippen LogP contribution >= 0.6 is 0 Å². The van der Waals surface area contributed by atoms with Crippen molar-refractivity contribution in [2.45, 2.75) is 92.0 Å². The third-order valence-electron chi connectivity index (χ3n) is 5.11. The molecule has 11 nitrogen and oxygen atoms in total. The lowest BCUT2D eigenvalue weighted by atomic mass is 10.00. The van der Waals surface area contributed by atoms with Crippen molar-refractivity contribution >= 4 is 29.6 Å². The fourth-order valence-corrected chi connectivity index (χ4v) is 3.10. The van der Waals surface area contributed by atoms with Gasteiger partial charge in [0, 0.05) is 17.8 Å². The van der Waals surface area contributed by atoms with Gasteiger partial charge in [-0.3, -0.25) is 14.4 Å². The first-order chi connectivity index (χ1) is 17.6. The Kier molecular flexibility index (Phi) is 15.2. The van der Waals surface area contributed by atoms with Gasteiger partial charge < -0.3 is 36.3 Å². The Morgan fingerprint density at radius 2 is 1.58 bits per heavy atom. The maximum absolute atomic E-state index is 12.7. The average molecular weight is 539 g/mol. The van der Waals surface area contributed by atoms with Gasteiger partial charge in [0.05, 0.1) is 18.6 Å². The van der Waals surface area contributed by atoms with Crippen LogP contribution in [0.15, 0.2) is 24.3 Å². The summed E-state index contributed by atoms with van der Waals surface area (Å²) in [4.78, 5) is 48.0. The molecule has 0 saturated heterocycles. The molecule has 6 N–H and O–H groups in total. The SMILES string of the molecule is CC.CC(C)C(NC(=O)CC(C)(C)OCCC(C)(C)N)C(=O)NCC(=O)Nc1ccc(COC(=O)O)cc1. The van der Waals surface area contributed by atoms with Crippen LogP contribution in [0, 0.1) is 5.92 Å². The highest BCUT2D eigenvalue weighted by molar-refractivity contribution is 5.96. The van der Waals surface area contributed by atoms with Crippen molar-refractivity contribution < 1.29 is 33.8 Å². The second-order valence-corrected chi connectivity index (χ2v) is 10.3. The number of anilines is 1. The van der Waals surface area contributed by atoms with Crippen LogP contribution in [0.3, 0.4) is 0 Å². The molecule has 3 amide bonds. The quantitative estimate of drug-likeness (QED) is 0.224. The summed E-state index contributed by atoms with van der Waals surface area (Å²) in [6, 6.07) is 5.59. The van der Waals surface area contributed by atoms with E-state index in [4.69, 9.17) is 15.6 Å². The molecule has 0 spiro atoms. The van der Waals surface area contributed by atoms with Crippen LogP contribution in [0.1, 0.15) is 73.8 Å². The van der Waals surface area contributed by atoms with Crippen LogP contribution in [0.4, 0.5) is 10.5 Å². The minimum Gasteiger partial charge on any atom is -0.450 e. The van der Waals surface area contributed by atoms with Gasteiger partial charge in [-0.2, -0.15) is 0 Å². The summed E-state index contributed by atoms with van der Waals surface area (Å²) in [5.41, 5.74) is 5.96. The molecule has 216 valence electrons. The van der Waals surface area contributed by atoms with Gasteiger partial charge in [0.15, 0.2) is 0 Å². The normalized spacial score (nSPS) is 12.1. The molecule has 1 rings (SSSR count). The average Bonchev–Trinajstić information content (AvgIpc) is 2.80. The number of amides is 3. The first kappa shape index (κ1) is 34.8. The molecule has 0 aromatic heterocycles. The van der Waals surface area contributed by atoms with Gasteiger partial charge in [-0.05, 0) is 57.7 Å². The van der Waals surface area contributed by atoms with Crippen LogP contribution in [0.25, 0.3) is 0 Å². The number of carbonyl (C=O) groups excluding carboxylic acids is 3. The van der Waals surface area contributed by atoms with E-state index in [0.29, 0.717) is 24.3 Å². The van der Waals surface area contributed by atoms with Gasteiger partial charge in [-0.25, -0.2) is 4.79 Å². The highest BCUT2D eigenvalue weighted by Gasteiger charge is 2.29. The van der Waals surface area contributed by atoms with Crippen LogP contribution in [0.2, 0.25) is 0 Å². The van der Waals surface area contributed by atoms with E-state index in [2.05, 4.69) is 20.7 Å². The molecule has 0 bridgehead atoms. The molecule has 0 heterocycles. The van der Waals surface area contributed by atoms with E-state index in [1.807, 2.05) is 27.7 Å². The highest BCUT2D eigenvalue weighted by Crippen LogP contribution is 2.17. The minimum atomic E-state index is -1.37. The zero-order valence-electron chi connectivity index (χ0n) is 24.0. The van der Waals surface area contributed by atoms with Crippen molar-refractivity contribution in [3.63, 3.8) is 0 Å². The Morgan fingerprint density at radius 1 is 1.00 bits per heavy atom. The van der Waals surface area contributed by atoms with Gasteiger partial charge in [0.25, 0.3) is 0 Å². The fourth-order valence-electron chi connectivity index (χ4n) is 3.10. The molecule has 38 heavy (non-hydrogen) atoms. The van der Waals surface area contributed by atoms with Crippen molar-refractivity contribution in [2.75, 3.05) is 18.5 Å². The third-order valence-corrected chi connectivity index (χ3v) is 5.11. The minimum absolute atomic E-state index is 0.0580. The number of benzene rings is 1. The van der Waals surface area contributed by atoms with Gasteiger partial charge >= 0.3 is 6.16 Å². The number of ether oxygens (including phenoxy) is 2. The Labute approximate surface area is 226 Å². The zero-order chi connectivity index (χ0) is 29.5. The number of rotatable bonds is 14. The topological polar surface area (TPSA) is 169 Å². The molecule has 1 aromatic carbocycles. The van der Waals surface area contributed by atoms with Crippen molar-refractivity contribution in [1.29, 1.82) is 0 Å². The second kappa shape index (κ2) is 16.6. The molecule has 1 atom stereocenters. The van der Waals surface area contributed by atoms with Crippen molar-refractivity contribution in [1.82, 2.24) is 10.6 Å². The fraction of sp³-hybridized carbons (Fsp3) is 0.630. The Morgan fingerprint density at radius 3 is 2.08 bits per heavy atom. The number of hydrogen-bond acceptors (Lipinski definition) is 7. The van der Waals surface area contributed by atoms with Gasteiger partial charge in [0.2, 0.25) is 17.7 Å². The molecule has 0 aliphatic rings. The van der Waals surface area contributed by atoms with Crippen molar-refractivity contribution in [3.05, 3.63) is 29.8 Å². The molecule has 1 aromatic rings. The molecule has 0 radical (unpaired) electrons. The molecule has 11 heteroatoms. The maximum Gasteiger partial charge on any atom is 0.506 e. The largest absolute Gasteiger partial charge is 0.506 e. The lowest BCUT2D eigenvalue weighted by molar-refractivity contribution is -0.134. The lowest BCUT2D eigenvalue weighted by Crippen LogP contribution is -2.52. The molecular weight excluding hydrogens is 492 g/mol. The molecular formula is C27H46N4O7. The summed E-state index contributed by atoms with van der Waals surface area (Å²) in [6.07, 6.45) is -0.675. The van der Waals surface area contributed by atoms with E-state index in [1.54, 1.807) is 52.0 Å². The first-order valence-electron chi connectivity index (χ1n) is 12.8. The smallest absolute Gasteiger partial charge is 0.450 e. The third kappa shape index (κ3) is 15.8. The summed E-state index contributed by atoms with van der Waals surface area (Å²) in [7, 11) is 0. The number of hydrogen-bond donors (Lipinski definition) is 5. The van der Waals surface area contributed by atoms with Gasteiger partial charge in [-0.15, -0.1) is 0 Å². The van der Waals surface area contributed by atoms with E-state index in [1.165, 1.54) is 0 Å². The molecule has 0 fully saturated rings. The first-order valence-corrected chi connectivity index (χ1v) is 12.8. The summed E-state index contributed by atoms with van der Waals surface area (Å²) in [5.74, 6) is -1.47. The standard InChI is InChI=1S/C25H40N4O7.C2H6/c1-16(2)21(29-19(30)13-25(5,6)36-12-11-24(3,4)26)22(32)27-14-20(31)28-18-9-7-17(8-10-18)15-35-23(33)34;1-2/h7-10,16,21H,11-15,26H2,1-6H3,(H,27,32)(H,28,31)(H,29,30)(H,33,34);1-2H3. The lowest BCUT2D eigenvalue weighted by Gasteiger charge is -2.28. The van der Waals surface area contributed by atoms with E-state index in [0.717, 1.165) is 0 Å². The van der Waals surface area contributed by atoms with E-state index in [9.17, 15) is 19.2 Å². The predicted octanol–water partition coefficient (Wildman–Crippen LogP) is 3.42. The van der Waals surface area contributed by atoms with E-state index >= 15 is 0 Å². The Hall–Kier alpha value is -3.18. The molecule has 1 unspecified atom stereocenters. The van der Waals surface area contributed by atoms with Crippen LogP contribution < -0.4 is 21.7 Å². The number of carboxylic acid groups (broad SMARTS) is 1. The Balaban J connectivity index is 0.00000667. The van der Waals surface area contributed by atoms with Gasteiger partial charge in [-0.1, -0.05) is 39.8 Å². The monoisotopic (exact) mass is 538 g/mol. The predicted molar refractivity (Wildman–Crippen MR) is 147 cm³/mol. The number of nitrogens with two attached hydrogens (primary N) is 1. The summed E-state index contributed by atoms with van der Waals surface area (Å²) in [5, 5.41) is 16.5. The summed E-state index contributed by atoms with van der Waals surface area (Å²) in [6.45, 7) is 15.0. The molecule has 0 aliphatic carbocycles. The van der Waals surface area contributed by atoms with Crippen molar-refractivity contribution in [3.8, 4) is 0 Å². The number of nitrogens with one attached hydrogen (secondary N) is 3. The van der Waals surface area contributed by atoms with Crippen LogP contribution in [-0.2, 0) is 30.5 Å². The van der Waals surface area contributed by atoms with Crippen LogP contribution in [-0.4, -0.2) is 59.3 Å². The van der Waals surface area contributed by atoms with E-state index in [-0.39, 0.29) is 36.9 Å². The maximum atomic E-state index is 12.7. The summed E-state index contributed by atoms with van der Waals surface area (Å²) >= 11 is 0. The second-order valence-electron chi connectivity index (χ2n) is 10.3. The highest BCUT2D eigenvalue weighted by atomic mass is 16.7. The summed E-state index contributed by atoms with van der Waals surface area (Å²) < 4.78 is 10.3.